The van der Waals surface area contributed by atoms with Crippen molar-refractivity contribution in [3.63, 3.8) is 0 Å². The van der Waals surface area contributed by atoms with Crippen LogP contribution in [0.1, 0.15) is 25.3 Å². The predicted octanol–water partition coefficient (Wildman–Crippen LogP) is 2.29. The van der Waals surface area contributed by atoms with Crippen molar-refractivity contribution >= 4 is 18.3 Å². The Bertz CT molecular complexity index is 436. The second-order valence-corrected chi connectivity index (χ2v) is 5.23. The Balaban J connectivity index is 0.00000200. The highest BCUT2D eigenvalue weighted by atomic mass is 35.5. The Morgan fingerprint density at radius 2 is 2.05 bits per heavy atom. The average Bonchev–Trinajstić information content (AvgIpc) is 2.42. The first kappa shape index (κ1) is 16.9. The Labute approximate surface area is 125 Å². The van der Waals surface area contributed by atoms with Gasteiger partial charge in [-0.1, -0.05) is 25.1 Å². The second kappa shape index (κ2) is 8.22. The number of halogens is 2. The van der Waals surface area contributed by atoms with E-state index in [-0.39, 0.29) is 36.1 Å². The zero-order valence-corrected chi connectivity index (χ0v) is 12.5. The zero-order valence-electron chi connectivity index (χ0n) is 11.7. The fourth-order valence-corrected chi connectivity index (χ4v) is 2.40. The molecule has 0 radical (unpaired) electrons. The summed E-state index contributed by atoms with van der Waals surface area (Å²) in [6, 6.07) is 6.90. The van der Waals surface area contributed by atoms with E-state index in [1.807, 2.05) is 6.92 Å². The summed E-state index contributed by atoms with van der Waals surface area (Å²) < 4.78 is 13.5. The van der Waals surface area contributed by atoms with Crippen LogP contribution in [-0.2, 0) is 11.2 Å². The molecule has 0 bridgehead atoms. The Morgan fingerprint density at radius 3 is 2.70 bits per heavy atom. The molecular formula is C15H22ClFN2O. The van der Waals surface area contributed by atoms with E-state index in [1.165, 1.54) is 6.07 Å². The number of carbonyl (C=O) groups excluding carboxylic acids is 1. The van der Waals surface area contributed by atoms with E-state index in [0.29, 0.717) is 12.0 Å². The summed E-state index contributed by atoms with van der Waals surface area (Å²) in [6.45, 7) is 3.75. The SMILES string of the molecule is CC(Cc1ccccc1F)C(=O)NC1CCNCC1.Cl. The Kier molecular flexibility index (Phi) is 6.96. The summed E-state index contributed by atoms with van der Waals surface area (Å²) in [6.07, 6.45) is 2.39. The van der Waals surface area contributed by atoms with Crippen LogP contribution in [-0.4, -0.2) is 25.0 Å². The maximum Gasteiger partial charge on any atom is 0.223 e. The van der Waals surface area contributed by atoms with Gasteiger partial charge in [-0.2, -0.15) is 0 Å². The summed E-state index contributed by atoms with van der Waals surface area (Å²) in [4.78, 5) is 12.1. The minimum atomic E-state index is -0.232. The Hall–Kier alpha value is -1.13. The average molecular weight is 301 g/mol. The van der Waals surface area contributed by atoms with Crippen LogP contribution in [0.4, 0.5) is 4.39 Å². The maximum absolute atomic E-state index is 13.5. The van der Waals surface area contributed by atoms with E-state index in [0.717, 1.165) is 25.9 Å². The summed E-state index contributed by atoms with van der Waals surface area (Å²) in [5.74, 6) is -0.411. The number of benzene rings is 1. The van der Waals surface area contributed by atoms with Gasteiger partial charge in [0.25, 0.3) is 0 Å². The molecule has 0 aliphatic carbocycles. The van der Waals surface area contributed by atoms with Gasteiger partial charge in [0.1, 0.15) is 5.82 Å². The molecule has 0 aromatic heterocycles. The van der Waals surface area contributed by atoms with Gasteiger partial charge in [-0.05, 0) is 44.0 Å². The van der Waals surface area contributed by atoms with Crippen molar-refractivity contribution in [2.75, 3.05) is 13.1 Å². The number of piperidine rings is 1. The molecule has 1 atom stereocenters. The fourth-order valence-electron chi connectivity index (χ4n) is 2.40. The first-order valence-electron chi connectivity index (χ1n) is 6.91. The van der Waals surface area contributed by atoms with Gasteiger partial charge in [0, 0.05) is 12.0 Å². The third-order valence-corrected chi connectivity index (χ3v) is 3.62. The van der Waals surface area contributed by atoms with Crippen molar-refractivity contribution in [2.24, 2.45) is 5.92 Å². The smallest absolute Gasteiger partial charge is 0.223 e. The van der Waals surface area contributed by atoms with Crippen molar-refractivity contribution in [2.45, 2.75) is 32.2 Å². The van der Waals surface area contributed by atoms with Crippen molar-refractivity contribution in [1.82, 2.24) is 10.6 Å². The van der Waals surface area contributed by atoms with Crippen LogP contribution < -0.4 is 10.6 Å². The highest BCUT2D eigenvalue weighted by Crippen LogP contribution is 2.13. The molecule has 5 heteroatoms. The van der Waals surface area contributed by atoms with Crippen LogP contribution >= 0.6 is 12.4 Å². The second-order valence-electron chi connectivity index (χ2n) is 5.23. The number of rotatable bonds is 4. The van der Waals surface area contributed by atoms with Gasteiger partial charge in [0.15, 0.2) is 0 Å². The molecular weight excluding hydrogens is 279 g/mol. The zero-order chi connectivity index (χ0) is 13.7. The molecule has 0 saturated carbocycles. The molecule has 2 N–H and O–H groups in total. The lowest BCUT2D eigenvalue weighted by molar-refractivity contribution is -0.125. The van der Waals surface area contributed by atoms with Gasteiger partial charge in [-0.15, -0.1) is 12.4 Å². The lowest BCUT2D eigenvalue weighted by Gasteiger charge is -2.25. The van der Waals surface area contributed by atoms with Gasteiger partial charge in [-0.3, -0.25) is 4.79 Å². The van der Waals surface area contributed by atoms with E-state index in [9.17, 15) is 9.18 Å². The topological polar surface area (TPSA) is 41.1 Å². The molecule has 1 amide bonds. The molecule has 1 aromatic rings. The molecule has 112 valence electrons. The van der Waals surface area contributed by atoms with E-state index < -0.39 is 0 Å². The normalized spacial score (nSPS) is 17.1. The van der Waals surface area contributed by atoms with Crippen LogP contribution in [0.2, 0.25) is 0 Å². The number of hydrogen-bond acceptors (Lipinski definition) is 2. The van der Waals surface area contributed by atoms with Gasteiger partial charge in [0.2, 0.25) is 5.91 Å². The van der Waals surface area contributed by atoms with Crippen molar-refractivity contribution in [3.05, 3.63) is 35.6 Å². The van der Waals surface area contributed by atoms with Crippen LogP contribution in [0.3, 0.4) is 0 Å². The molecule has 1 aliphatic heterocycles. The molecule has 1 aliphatic rings. The third-order valence-electron chi connectivity index (χ3n) is 3.62. The van der Waals surface area contributed by atoms with Gasteiger partial charge in [0.05, 0.1) is 0 Å². The molecule has 2 rings (SSSR count). The van der Waals surface area contributed by atoms with E-state index in [4.69, 9.17) is 0 Å². The first-order chi connectivity index (χ1) is 9.16. The highest BCUT2D eigenvalue weighted by molar-refractivity contribution is 5.85. The van der Waals surface area contributed by atoms with E-state index in [2.05, 4.69) is 10.6 Å². The summed E-state index contributed by atoms with van der Waals surface area (Å²) in [5.41, 5.74) is 0.607. The van der Waals surface area contributed by atoms with Crippen molar-refractivity contribution in [3.8, 4) is 0 Å². The van der Waals surface area contributed by atoms with E-state index >= 15 is 0 Å². The largest absolute Gasteiger partial charge is 0.353 e. The quantitative estimate of drug-likeness (QED) is 0.896. The fraction of sp³-hybridized carbons (Fsp3) is 0.533. The predicted molar refractivity (Wildman–Crippen MR) is 80.6 cm³/mol. The number of hydrogen-bond donors (Lipinski definition) is 2. The van der Waals surface area contributed by atoms with Crippen molar-refractivity contribution < 1.29 is 9.18 Å². The number of nitrogens with one attached hydrogen (secondary N) is 2. The van der Waals surface area contributed by atoms with Crippen LogP contribution in [0.25, 0.3) is 0 Å². The molecule has 1 aromatic carbocycles. The number of carbonyl (C=O) groups is 1. The lowest BCUT2D eigenvalue weighted by atomic mass is 9.98. The van der Waals surface area contributed by atoms with E-state index in [1.54, 1.807) is 18.2 Å². The monoisotopic (exact) mass is 300 g/mol. The molecule has 1 saturated heterocycles. The molecule has 1 heterocycles. The van der Waals surface area contributed by atoms with Gasteiger partial charge < -0.3 is 10.6 Å². The maximum atomic E-state index is 13.5. The van der Waals surface area contributed by atoms with Gasteiger partial charge in [-0.25, -0.2) is 4.39 Å². The standard InChI is InChI=1S/C15H21FN2O.ClH/c1-11(10-12-4-2-3-5-14(12)16)15(19)18-13-6-8-17-9-7-13;/h2-5,11,13,17H,6-10H2,1H3,(H,18,19);1H. The van der Waals surface area contributed by atoms with Crippen LogP contribution in [0, 0.1) is 11.7 Å². The Morgan fingerprint density at radius 1 is 1.40 bits per heavy atom. The van der Waals surface area contributed by atoms with Crippen LogP contribution in [0.15, 0.2) is 24.3 Å². The molecule has 1 fully saturated rings. The minimum Gasteiger partial charge on any atom is -0.353 e. The minimum absolute atomic E-state index is 0. The molecule has 0 spiro atoms. The van der Waals surface area contributed by atoms with Crippen molar-refractivity contribution in [1.29, 1.82) is 0 Å². The van der Waals surface area contributed by atoms with Gasteiger partial charge >= 0.3 is 0 Å². The molecule has 1 unspecified atom stereocenters. The molecule has 20 heavy (non-hydrogen) atoms. The summed E-state index contributed by atoms with van der Waals surface area (Å²) in [5, 5.41) is 6.32. The summed E-state index contributed by atoms with van der Waals surface area (Å²) in [7, 11) is 0. The third kappa shape index (κ3) is 4.76. The summed E-state index contributed by atoms with van der Waals surface area (Å²) >= 11 is 0. The lowest BCUT2D eigenvalue weighted by Crippen LogP contribution is -2.44. The molecule has 3 nitrogen and oxygen atoms in total. The first-order valence-corrected chi connectivity index (χ1v) is 6.91. The van der Waals surface area contributed by atoms with Crippen LogP contribution in [0.5, 0.6) is 0 Å². The highest BCUT2D eigenvalue weighted by Gasteiger charge is 2.20. The number of amides is 1.